The van der Waals surface area contributed by atoms with Crippen molar-refractivity contribution in [2.24, 2.45) is 5.92 Å². The molecular weight excluding hydrogens is 224 g/mol. The van der Waals surface area contributed by atoms with E-state index in [0.717, 1.165) is 30.1 Å². The van der Waals surface area contributed by atoms with Crippen LogP contribution in [0.2, 0.25) is 5.02 Å². The van der Waals surface area contributed by atoms with Crippen molar-refractivity contribution in [3.05, 3.63) is 34.9 Å². The molecule has 16 heavy (non-hydrogen) atoms. The highest BCUT2D eigenvalue weighted by atomic mass is 35.5. The van der Waals surface area contributed by atoms with Gasteiger partial charge in [0.05, 0.1) is 5.92 Å². The summed E-state index contributed by atoms with van der Waals surface area (Å²) in [6, 6.07) is 7.72. The zero-order valence-electron chi connectivity index (χ0n) is 9.00. The topological polar surface area (TPSA) is 41.1 Å². The molecule has 3 nitrogen and oxygen atoms in total. The third-order valence-electron chi connectivity index (χ3n) is 2.75. The lowest BCUT2D eigenvalue weighted by Crippen LogP contribution is -2.51. The lowest BCUT2D eigenvalue weighted by molar-refractivity contribution is -0.126. The third kappa shape index (κ3) is 2.97. The second-order valence-corrected chi connectivity index (χ2v) is 4.46. The fraction of sp³-hybridized carbons (Fsp3) is 0.417. The summed E-state index contributed by atoms with van der Waals surface area (Å²) >= 11 is 5.87. The van der Waals surface area contributed by atoms with Crippen LogP contribution in [-0.2, 0) is 11.2 Å². The summed E-state index contributed by atoms with van der Waals surface area (Å²) in [5.41, 5.74) is 1.15. The molecule has 2 rings (SSSR count). The Labute approximate surface area is 100 Å². The minimum atomic E-state index is 0.153. The van der Waals surface area contributed by atoms with Crippen LogP contribution in [0.25, 0.3) is 0 Å². The summed E-state index contributed by atoms with van der Waals surface area (Å²) in [5, 5.41) is 6.75. The smallest absolute Gasteiger partial charge is 0.225 e. The van der Waals surface area contributed by atoms with Crippen molar-refractivity contribution in [2.45, 2.75) is 6.42 Å². The number of carbonyl (C=O) groups excluding carboxylic acids is 1. The molecule has 1 heterocycles. The molecule has 0 saturated carbocycles. The molecule has 86 valence electrons. The van der Waals surface area contributed by atoms with E-state index >= 15 is 0 Å². The number of hydrogen-bond donors (Lipinski definition) is 2. The van der Waals surface area contributed by atoms with E-state index in [0.29, 0.717) is 6.54 Å². The number of nitrogens with one attached hydrogen (secondary N) is 2. The molecule has 1 fully saturated rings. The van der Waals surface area contributed by atoms with Crippen molar-refractivity contribution < 1.29 is 4.79 Å². The monoisotopic (exact) mass is 238 g/mol. The highest BCUT2D eigenvalue weighted by Crippen LogP contribution is 2.10. The fourth-order valence-corrected chi connectivity index (χ4v) is 1.85. The summed E-state index contributed by atoms with van der Waals surface area (Å²) in [5.74, 6) is 0.320. The van der Waals surface area contributed by atoms with Gasteiger partial charge < -0.3 is 10.6 Å². The van der Waals surface area contributed by atoms with Crippen molar-refractivity contribution in [1.29, 1.82) is 0 Å². The molecule has 1 aromatic rings. The summed E-state index contributed by atoms with van der Waals surface area (Å²) in [6.45, 7) is 2.29. The molecule has 0 radical (unpaired) electrons. The van der Waals surface area contributed by atoms with Crippen molar-refractivity contribution in [3.63, 3.8) is 0 Å². The van der Waals surface area contributed by atoms with Gasteiger partial charge >= 0.3 is 0 Å². The van der Waals surface area contributed by atoms with E-state index in [1.807, 2.05) is 24.3 Å². The number of halogens is 1. The molecule has 0 unspecified atom stereocenters. The minimum absolute atomic E-state index is 0.153. The summed E-state index contributed by atoms with van der Waals surface area (Å²) in [7, 11) is 0. The number of benzene rings is 1. The minimum Gasteiger partial charge on any atom is -0.355 e. The first-order chi connectivity index (χ1) is 7.75. The lowest BCUT2D eigenvalue weighted by Gasteiger charge is -2.25. The van der Waals surface area contributed by atoms with Gasteiger partial charge in [-0.1, -0.05) is 23.7 Å². The van der Waals surface area contributed by atoms with Gasteiger partial charge in [0.25, 0.3) is 0 Å². The maximum Gasteiger partial charge on any atom is 0.225 e. The number of amides is 1. The first-order valence-corrected chi connectivity index (χ1v) is 5.86. The number of carbonyl (C=O) groups is 1. The van der Waals surface area contributed by atoms with E-state index in [1.54, 1.807) is 0 Å². The molecule has 1 aliphatic rings. The van der Waals surface area contributed by atoms with Crippen molar-refractivity contribution in [1.82, 2.24) is 10.6 Å². The number of rotatable bonds is 4. The predicted molar refractivity (Wildman–Crippen MR) is 64.5 cm³/mol. The summed E-state index contributed by atoms with van der Waals surface area (Å²) in [4.78, 5) is 11.5. The zero-order chi connectivity index (χ0) is 11.4. The van der Waals surface area contributed by atoms with Crippen LogP contribution in [0.5, 0.6) is 0 Å². The molecule has 0 bridgehead atoms. The number of hydrogen-bond acceptors (Lipinski definition) is 2. The van der Waals surface area contributed by atoms with Crippen LogP contribution in [0, 0.1) is 5.92 Å². The van der Waals surface area contributed by atoms with Crippen LogP contribution in [-0.4, -0.2) is 25.5 Å². The first kappa shape index (κ1) is 11.4. The Morgan fingerprint density at radius 3 is 2.94 bits per heavy atom. The van der Waals surface area contributed by atoms with Gasteiger partial charge in [-0.2, -0.15) is 0 Å². The molecule has 4 heteroatoms. The maximum atomic E-state index is 11.5. The molecule has 0 aromatic heterocycles. The standard InChI is InChI=1S/C12H15ClN2O/c13-11-3-1-2-9(6-11)4-5-15-12(16)10-7-14-8-10/h1-3,6,10,14H,4-5,7-8H2,(H,15,16). The van der Waals surface area contributed by atoms with Crippen molar-refractivity contribution >= 4 is 17.5 Å². The van der Waals surface area contributed by atoms with Gasteiger partial charge in [-0.05, 0) is 24.1 Å². The highest BCUT2D eigenvalue weighted by molar-refractivity contribution is 6.30. The van der Waals surface area contributed by atoms with Crippen molar-refractivity contribution in [3.8, 4) is 0 Å². The van der Waals surface area contributed by atoms with E-state index < -0.39 is 0 Å². The lowest BCUT2D eigenvalue weighted by atomic mass is 10.0. The van der Waals surface area contributed by atoms with Gasteiger partial charge in [0.15, 0.2) is 0 Å². The van der Waals surface area contributed by atoms with E-state index in [9.17, 15) is 4.79 Å². The van der Waals surface area contributed by atoms with Crippen LogP contribution in [0.1, 0.15) is 5.56 Å². The molecule has 1 amide bonds. The summed E-state index contributed by atoms with van der Waals surface area (Å²) < 4.78 is 0. The van der Waals surface area contributed by atoms with Crippen LogP contribution in [0.4, 0.5) is 0 Å². The third-order valence-corrected chi connectivity index (χ3v) is 2.99. The Morgan fingerprint density at radius 2 is 2.31 bits per heavy atom. The molecule has 0 atom stereocenters. The van der Waals surface area contributed by atoms with Crippen LogP contribution >= 0.6 is 11.6 Å². The second-order valence-electron chi connectivity index (χ2n) is 4.03. The largest absolute Gasteiger partial charge is 0.355 e. The van der Waals surface area contributed by atoms with E-state index in [4.69, 9.17) is 11.6 Å². The average molecular weight is 239 g/mol. The molecule has 2 N–H and O–H groups in total. The predicted octanol–water partition coefficient (Wildman–Crippen LogP) is 1.22. The second kappa shape index (κ2) is 5.32. The van der Waals surface area contributed by atoms with Gasteiger partial charge in [0.2, 0.25) is 5.91 Å². The molecular formula is C12H15ClN2O. The Balaban J connectivity index is 1.73. The highest BCUT2D eigenvalue weighted by Gasteiger charge is 2.23. The molecule has 0 spiro atoms. The summed E-state index contributed by atoms with van der Waals surface area (Å²) in [6.07, 6.45) is 0.826. The van der Waals surface area contributed by atoms with E-state index in [2.05, 4.69) is 10.6 Å². The Hall–Kier alpha value is -1.06. The normalized spacial score (nSPS) is 15.6. The van der Waals surface area contributed by atoms with Gasteiger partial charge in [-0.3, -0.25) is 4.79 Å². The fourth-order valence-electron chi connectivity index (χ4n) is 1.64. The van der Waals surface area contributed by atoms with Crippen LogP contribution in [0.15, 0.2) is 24.3 Å². The molecule has 1 aromatic carbocycles. The molecule has 0 aliphatic carbocycles. The Bertz CT molecular complexity index is 377. The van der Waals surface area contributed by atoms with Gasteiger partial charge in [0, 0.05) is 24.7 Å². The molecule has 1 saturated heterocycles. The van der Waals surface area contributed by atoms with Gasteiger partial charge in [-0.15, -0.1) is 0 Å². The Kier molecular flexibility index (Phi) is 3.80. The van der Waals surface area contributed by atoms with Crippen LogP contribution < -0.4 is 10.6 Å². The van der Waals surface area contributed by atoms with E-state index in [1.165, 1.54) is 0 Å². The van der Waals surface area contributed by atoms with Crippen LogP contribution in [0.3, 0.4) is 0 Å². The van der Waals surface area contributed by atoms with Gasteiger partial charge in [-0.25, -0.2) is 0 Å². The zero-order valence-corrected chi connectivity index (χ0v) is 9.76. The van der Waals surface area contributed by atoms with Crippen molar-refractivity contribution in [2.75, 3.05) is 19.6 Å². The maximum absolute atomic E-state index is 11.5. The first-order valence-electron chi connectivity index (χ1n) is 5.48. The molecule has 1 aliphatic heterocycles. The quantitative estimate of drug-likeness (QED) is 0.828. The van der Waals surface area contributed by atoms with Gasteiger partial charge in [0.1, 0.15) is 0 Å². The van der Waals surface area contributed by atoms with E-state index in [-0.39, 0.29) is 11.8 Å². The SMILES string of the molecule is O=C(NCCc1cccc(Cl)c1)C1CNC1. The Morgan fingerprint density at radius 1 is 1.50 bits per heavy atom. The average Bonchev–Trinajstić information content (AvgIpc) is 2.15.